The summed E-state index contributed by atoms with van der Waals surface area (Å²) >= 11 is 0. The van der Waals surface area contributed by atoms with Gasteiger partial charge in [0.15, 0.2) is 0 Å². The molecule has 2 N–H and O–H groups in total. The molecule has 0 aliphatic rings. The Balaban J connectivity index is 2.15. The molecule has 0 atom stereocenters. The summed E-state index contributed by atoms with van der Waals surface area (Å²) in [5.74, 6) is 0.857. The van der Waals surface area contributed by atoms with Gasteiger partial charge in [0.25, 0.3) is 0 Å². The molecule has 0 aromatic heterocycles. The summed E-state index contributed by atoms with van der Waals surface area (Å²) in [6, 6.07) is 7.40. The smallest absolute Gasteiger partial charge is 0.119 e. The Morgan fingerprint density at radius 2 is 1.86 bits per heavy atom. The van der Waals surface area contributed by atoms with Gasteiger partial charge in [-0.15, -0.1) is 0 Å². The van der Waals surface area contributed by atoms with Gasteiger partial charge in [-0.3, -0.25) is 0 Å². The number of nitrogens with two attached hydrogens (primary N) is 1. The average Bonchev–Trinajstić information content (AvgIpc) is 2.21. The van der Waals surface area contributed by atoms with Gasteiger partial charge in [0.1, 0.15) is 5.75 Å². The highest BCUT2D eigenvalue weighted by molar-refractivity contribution is 5.41. The van der Waals surface area contributed by atoms with Crippen molar-refractivity contribution in [3.8, 4) is 5.75 Å². The molecule has 0 aliphatic carbocycles. The van der Waals surface area contributed by atoms with E-state index in [4.69, 9.17) is 15.2 Å². The third kappa shape index (κ3) is 4.14. The number of anilines is 1. The number of ether oxygens (including phenoxy) is 2. The Morgan fingerprint density at radius 1 is 1.14 bits per heavy atom. The van der Waals surface area contributed by atoms with E-state index in [1.165, 1.54) is 0 Å². The molecule has 0 fully saturated rings. The molecule has 0 saturated carbocycles. The van der Waals surface area contributed by atoms with Crippen molar-refractivity contribution in [1.82, 2.24) is 0 Å². The first kappa shape index (κ1) is 10.9. The topological polar surface area (TPSA) is 44.5 Å². The van der Waals surface area contributed by atoms with Crippen LogP contribution in [0.25, 0.3) is 0 Å². The van der Waals surface area contributed by atoms with E-state index in [1.54, 1.807) is 0 Å². The second-order valence-electron chi connectivity index (χ2n) is 2.97. The Labute approximate surface area is 84.8 Å². The number of hydrogen-bond donors (Lipinski definition) is 1. The standard InChI is InChI=1S/C11H17NO2/c1-2-13-8-3-9-14-11-6-4-10(12)5-7-11/h4-7H,2-3,8-9,12H2,1H3. The van der Waals surface area contributed by atoms with Gasteiger partial charge in [0.05, 0.1) is 6.61 Å². The Hall–Kier alpha value is -1.22. The van der Waals surface area contributed by atoms with E-state index >= 15 is 0 Å². The van der Waals surface area contributed by atoms with Crippen LogP contribution in [0.3, 0.4) is 0 Å². The predicted molar refractivity (Wildman–Crippen MR) is 57.5 cm³/mol. The van der Waals surface area contributed by atoms with Gasteiger partial charge < -0.3 is 15.2 Å². The van der Waals surface area contributed by atoms with Crippen molar-refractivity contribution < 1.29 is 9.47 Å². The second-order valence-corrected chi connectivity index (χ2v) is 2.97. The Morgan fingerprint density at radius 3 is 2.50 bits per heavy atom. The van der Waals surface area contributed by atoms with Crippen LogP contribution in [0.2, 0.25) is 0 Å². The van der Waals surface area contributed by atoms with Crippen LogP contribution < -0.4 is 10.5 Å². The second kappa shape index (κ2) is 6.27. The molecule has 3 heteroatoms. The molecule has 0 saturated heterocycles. The van der Waals surface area contributed by atoms with Crippen LogP contribution in [0.4, 0.5) is 5.69 Å². The van der Waals surface area contributed by atoms with Crippen molar-refractivity contribution in [3.05, 3.63) is 24.3 Å². The first-order valence-corrected chi connectivity index (χ1v) is 4.89. The molecule has 1 aromatic carbocycles. The minimum atomic E-state index is 0.684. The van der Waals surface area contributed by atoms with Crippen LogP contribution in [0.15, 0.2) is 24.3 Å². The van der Waals surface area contributed by atoms with Crippen LogP contribution in [0.5, 0.6) is 5.75 Å². The highest BCUT2D eigenvalue weighted by atomic mass is 16.5. The summed E-state index contributed by atoms with van der Waals surface area (Å²) in [5, 5.41) is 0. The fourth-order valence-corrected chi connectivity index (χ4v) is 1.06. The van der Waals surface area contributed by atoms with Gasteiger partial charge >= 0.3 is 0 Å². The third-order valence-electron chi connectivity index (χ3n) is 1.79. The van der Waals surface area contributed by atoms with Crippen LogP contribution in [-0.4, -0.2) is 19.8 Å². The maximum absolute atomic E-state index is 5.55. The van der Waals surface area contributed by atoms with Crippen LogP contribution in [0, 0.1) is 0 Å². The Bertz CT molecular complexity index is 246. The molecule has 14 heavy (non-hydrogen) atoms. The minimum Gasteiger partial charge on any atom is -0.494 e. The molecule has 0 aliphatic heterocycles. The number of benzene rings is 1. The van der Waals surface area contributed by atoms with Gasteiger partial charge in [-0.2, -0.15) is 0 Å². The largest absolute Gasteiger partial charge is 0.494 e. The van der Waals surface area contributed by atoms with Crippen molar-refractivity contribution >= 4 is 5.69 Å². The van der Waals surface area contributed by atoms with E-state index in [9.17, 15) is 0 Å². The van der Waals surface area contributed by atoms with E-state index in [0.717, 1.165) is 31.1 Å². The summed E-state index contributed by atoms with van der Waals surface area (Å²) in [5.41, 5.74) is 6.30. The summed E-state index contributed by atoms with van der Waals surface area (Å²) in [7, 11) is 0. The fourth-order valence-electron chi connectivity index (χ4n) is 1.06. The lowest BCUT2D eigenvalue weighted by atomic mass is 10.3. The molecular weight excluding hydrogens is 178 g/mol. The zero-order chi connectivity index (χ0) is 10.2. The van der Waals surface area contributed by atoms with Crippen molar-refractivity contribution in [1.29, 1.82) is 0 Å². The third-order valence-corrected chi connectivity index (χ3v) is 1.79. The van der Waals surface area contributed by atoms with Crippen molar-refractivity contribution in [2.75, 3.05) is 25.6 Å². The highest BCUT2D eigenvalue weighted by Gasteiger charge is 1.92. The first-order valence-electron chi connectivity index (χ1n) is 4.89. The molecule has 1 rings (SSSR count). The maximum atomic E-state index is 5.55. The molecule has 0 spiro atoms. The fraction of sp³-hybridized carbons (Fsp3) is 0.455. The highest BCUT2D eigenvalue weighted by Crippen LogP contribution is 2.12. The van der Waals surface area contributed by atoms with Crippen molar-refractivity contribution in [3.63, 3.8) is 0 Å². The van der Waals surface area contributed by atoms with E-state index < -0.39 is 0 Å². The average molecular weight is 195 g/mol. The minimum absolute atomic E-state index is 0.684. The van der Waals surface area contributed by atoms with E-state index in [-0.39, 0.29) is 0 Å². The van der Waals surface area contributed by atoms with Gasteiger partial charge in [0.2, 0.25) is 0 Å². The molecule has 0 heterocycles. The molecule has 0 bridgehead atoms. The first-order chi connectivity index (χ1) is 6.83. The molecule has 0 unspecified atom stereocenters. The molecule has 0 radical (unpaired) electrons. The van der Waals surface area contributed by atoms with Crippen molar-refractivity contribution in [2.45, 2.75) is 13.3 Å². The van der Waals surface area contributed by atoms with Gasteiger partial charge in [-0.05, 0) is 31.2 Å². The number of nitrogen functional groups attached to an aromatic ring is 1. The molecule has 3 nitrogen and oxygen atoms in total. The van der Waals surface area contributed by atoms with Crippen molar-refractivity contribution in [2.24, 2.45) is 0 Å². The SMILES string of the molecule is CCOCCCOc1ccc(N)cc1. The van der Waals surface area contributed by atoms with Crippen LogP contribution in [0.1, 0.15) is 13.3 Å². The van der Waals surface area contributed by atoms with Gasteiger partial charge in [0, 0.05) is 25.3 Å². The van der Waals surface area contributed by atoms with Gasteiger partial charge in [-0.1, -0.05) is 0 Å². The van der Waals surface area contributed by atoms with Gasteiger partial charge in [-0.25, -0.2) is 0 Å². The van der Waals surface area contributed by atoms with Crippen LogP contribution in [-0.2, 0) is 4.74 Å². The Kier molecular flexibility index (Phi) is 4.86. The predicted octanol–water partition coefficient (Wildman–Crippen LogP) is 2.07. The molecule has 1 aromatic rings. The lowest BCUT2D eigenvalue weighted by Crippen LogP contribution is -2.02. The van der Waals surface area contributed by atoms with E-state index in [2.05, 4.69) is 0 Å². The molecule has 0 amide bonds. The zero-order valence-electron chi connectivity index (χ0n) is 8.53. The monoisotopic (exact) mass is 195 g/mol. The van der Waals surface area contributed by atoms with E-state index in [0.29, 0.717) is 6.61 Å². The molecule has 78 valence electrons. The zero-order valence-corrected chi connectivity index (χ0v) is 8.53. The van der Waals surface area contributed by atoms with Crippen LogP contribution >= 0.6 is 0 Å². The quantitative estimate of drug-likeness (QED) is 0.558. The summed E-state index contributed by atoms with van der Waals surface area (Å²) < 4.78 is 10.7. The summed E-state index contributed by atoms with van der Waals surface area (Å²) in [6.45, 7) is 4.19. The maximum Gasteiger partial charge on any atom is 0.119 e. The lowest BCUT2D eigenvalue weighted by Gasteiger charge is -2.06. The summed E-state index contributed by atoms with van der Waals surface area (Å²) in [6.07, 6.45) is 0.915. The normalized spacial score (nSPS) is 10.1. The lowest BCUT2D eigenvalue weighted by molar-refractivity contribution is 0.131. The number of hydrogen-bond acceptors (Lipinski definition) is 3. The molecular formula is C11H17NO2. The van der Waals surface area contributed by atoms with E-state index in [1.807, 2.05) is 31.2 Å². The number of rotatable bonds is 6. The summed E-state index contributed by atoms with van der Waals surface area (Å²) in [4.78, 5) is 0.